The van der Waals surface area contributed by atoms with E-state index in [2.05, 4.69) is 20.6 Å². The number of hydrogen-bond donors (Lipinski definition) is 2. The van der Waals surface area contributed by atoms with Gasteiger partial charge in [0.2, 0.25) is 0 Å². The highest BCUT2D eigenvalue weighted by atomic mass is 19.1. The lowest BCUT2D eigenvalue weighted by Crippen LogP contribution is -2.44. The monoisotopic (exact) mass is 323 g/mol. The first-order chi connectivity index (χ1) is 11.2. The maximum atomic E-state index is 13.8. The summed E-state index contributed by atoms with van der Waals surface area (Å²) < 4.78 is 18.9. The highest BCUT2D eigenvalue weighted by Crippen LogP contribution is 2.20. The largest absolute Gasteiger partial charge is 0.385 e. The lowest BCUT2D eigenvalue weighted by atomic mass is 10.3. The number of guanidine groups is 1. The molecule has 0 aromatic carbocycles. The van der Waals surface area contributed by atoms with Crippen LogP contribution in [0.2, 0.25) is 0 Å². The Morgan fingerprint density at radius 1 is 1.57 bits per heavy atom. The summed E-state index contributed by atoms with van der Waals surface area (Å²) in [7, 11) is 1.69. The standard InChI is InChI=1S/C16H26FN5O/c1-3-18-16(20-9-5-11-23-2)21-13-7-10-22(12-13)15-14(17)6-4-8-19-15/h4,6,8,13H,3,5,7,9-12H2,1-2H3,(H2,18,20,21). The van der Waals surface area contributed by atoms with Crippen molar-refractivity contribution in [1.82, 2.24) is 15.6 Å². The zero-order valence-corrected chi connectivity index (χ0v) is 13.9. The lowest BCUT2D eigenvalue weighted by molar-refractivity contribution is 0.197. The van der Waals surface area contributed by atoms with E-state index in [1.54, 1.807) is 19.4 Å². The average molecular weight is 323 g/mol. The molecular formula is C16H26FN5O. The number of halogens is 1. The molecule has 1 aromatic heterocycles. The topological polar surface area (TPSA) is 61.8 Å². The lowest BCUT2D eigenvalue weighted by Gasteiger charge is -2.19. The van der Waals surface area contributed by atoms with Crippen molar-refractivity contribution in [1.29, 1.82) is 0 Å². The maximum absolute atomic E-state index is 13.8. The minimum Gasteiger partial charge on any atom is -0.385 e. The van der Waals surface area contributed by atoms with Crippen LogP contribution >= 0.6 is 0 Å². The van der Waals surface area contributed by atoms with Crippen molar-refractivity contribution in [2.45, 2.75) is 25.8 Å². The molecular weight excluding hydrogens is 297 g/mol. The molecule has 1 saturated heterocycles. The second-order valence-corrected chi connectivity index (χ2v) is 5.49. The SMILES string of the molecule is CCNC(=NCCCOC)NC1CCN(c2ncccc2F)C1. The Bertz CT molecular complexity index is 511. The van der Waals surface area contributed by atoms with Gasteiger partial charge < -0.3 is 20.3 Å². The van der Waals surface area contributed by atoms with Gasteiger partial charge in [-0.15, -0.1) is 0 Å². The van der Waals surface area contributed by atoms with Gasteiger partial charge >= 0.3 is 0 Å². The Labute approximate surface area is 137 Å². The summed E-state index contributed by atoms with van der Waals surface area (Å²) in [4.78, 5) is 10.7. The van der Waals surface area contributed by atoms with Crippen LogP contribution in [0.1, 0.15) is 19.8 Å². The molecule has 2 N–H and O–H groups in total. The molecule has 6 nitrogen and oxygen atoms in total. The molecule has 1 fully saturated rings. The van der Waals surface area contributed by atoms with E-state index in [0.717, 1.165) is 38.4 Å². The Hall–Kier alpha value is -1.89. The second-order valence-electron chi connectivity index (χ2n) is 5.49. The molecule has 1 aliphatic heterocycles. The summed E-state index contributed by atoms with van der Waals surface area (Å²) in [5, 5.41) is 6.66. The van der Waals surface area contributed by atoms with Crippen LogP contribution < -0.4 is 15.5 Å². The number of anilines is 1. The number of aromatic nitrogens is 1. The molecule has 0 aliphatic carbocycles. The molecule has 23 heavy (non-hydrogen) atoms. The van der Waals surface area contributed by atoms with Crippen LogP contribution in [0.5, 0.6) is 0 Å². The summed E-state index contributed by atoms with van der Waals surface area (Å²) in [6.45, 7) is 5.77. The number of pyridine rings is 1. The first kappa shape index (κ1) is 17.5. The van der Waals surface area contributed by atoms with Gasteiger partial charge in [0.15, 0.2) is 17.6 Å². The number of nitrogens with zero attached hydrogens (tertiary/aromatic N) is 3. The number of methoxy groups -OCH3 is 1. The highest BCUT2D eigenvalue weighted by Gasteiger charge is 2.25. The Balaban J connectivity index is 1.88. The van der Waals surface area contributed by atoms with E-state index < -0.39 is 0 Å². The number of nitrogens with one attached hydrogen (secondary N) is 2. The smallest absolute Gasteiger partial charge is 0.191 e. The van der Waals surface area contributed by atoms with Crippen LogP contribution in [-0.4, -0.2) is 56.9 Å². The Morgan fingerprint density at radius 3 is 3.17 bits per heavy atom. The third kappa shape index (κ3) is 5.35. The van der Waals surface area contributed by atoms with Gasteiger partial charge in [-0.3, -0.25) is 4.99 Å². The predicted molar refractivity (Wildman–Crippen MR) is 90.4 cm³/mol. The van der Waals surface area contributed by atoms with Gasteiger partial charge in [0.25, 0.3) is 0 Å². The van der Waals surface area contributed by atoms with E-state index in [1.165, 1.54) is 6.07 Å². The van der Waals surface area contributed by atoms with Crippen LogP contribution in [0.25, 0.3) is 0 Å². The van der Waals surface area contributed by atoms with E-state index >= 15 is 0 Å². The van der Waals surface area contributed by atoms with Gasteiger partial charge in [0.1, 0.15) is 0 Å². The summed E-state index contributed by atoms with van der Waals surface area (Å²) in [6, 6.07) is 3.29. The molecule has 2 rings (SSSR count). The molecule has 1 atom stereocenters. The van der Waals surface area contributed by atoms with Crippen molar-refractivity contribution in [3.8, 4) is 0 Å². The van der Waals surface area contributed by atoms with Gasteiger partial charge in [-0.2, -0.15) is 0 Å². The Morgan fingerprint density at radius 2 is 2.43 bits per heavy atom. The number of rotatable bonds is 7. The molecule has 0 spiro atoms. The fourth-order valence-corrected chi connectivity index (χ4v) is 2.59. The minimum absolute atomic E-state index is 0.233. The molecule has 1 aromatic rings. The minimum atomic E-state index is -0.270. The Kier molecular flexibility index (Phi) is 7.06. The summed E-state index contributed by atoms with van der Waals surface area (Å²) >= 11 is 0. The molecule has 1 unspecified atom stereocenters. The van der Waals surface area contributed by atoms with Crippen molar-refractivity contribution in [3.63, 3.8) is 0 Å². The van der Waals surface area contributed by atoms with E-state index in [-0.39, 0.29) is 11.9 Å². The molecule has 0 radical (unpaired) electrons. The van der Waals surface area contributed by atoms with Gasteiger partial charge in [0.05, 0.1) is 0 Å². The van der Waals surface area contributed by atoms with Crippen LogP contribution in [0.15, 0.2) is 23.3 Å². The second kappa shape index (κ2) is 9.29. The van der Waals surface area contributed by atoms with E-state index in [4.69, 9.17) is 4.74 Å². The first-order valence-corrected chi connectivity index (χ1v) is 8.13. The van der Waals surface area contributed by atoms with Crippen molar-refractivity contribution in [3.05, 3.63) is 24.1 Å². The van der Waals surface area contributed by atoms with Crippen molar-refractivity contribution < 1.29 is 9.13 Å². The fraction of sp³-hybridized carbons (Fsp3) is 0.625. The molecule has 0 saturated carbocycles. The van der Waals surface area contributed by atoms with Gasteiger partial charge in [-0.1, -0.05) is 0 Å². The third-order valence-electron chi connectivity index (χ3n) is 3.69. The summed E-state index contributed by atoms with van der Waals surface area (Å²) in [5.74, 6) is 0.962. The summed E-state index contributed by atoms with van der Waals surface area (Å²) in [6.07, 6.45) is 3.45. The molecule has 0 amide bonds. The molecule has 128 valence electrons. The van der Waals surface area contributed by atoms with Gasteiger partial charge in [-0.05, 0) is 31.9 Å². The van der Waals surface area contributed by atoms with Gasteiger partial charge in [-0.25, -0.2) is 9.37 Å². The van der Waals surface area contributed by atoms with Crippen LogP contribution in [0.3, 0.4) is 0 Å². The average Bonchev–Trinajstić information content (AvgIpc) is 3.00. The number of aliphatic imine (C=N–C) groups is 1. The van der Waals surface area contributed by atoms with Gasteiger partial charge in [0, 0.05) is 52.1 Å². The quantitative estimate of drug-likeness (QED) is 0.451. The predicted octanol–water partition coefficient (Wildman–Crippen LogP) is 1.39. The molecule has 7 heteroatoms. The molecule has 0 bridgehead atoms. The zero-order valence-electron chi connectivity index (χ0n) is 13.9. The first-order valence-electron chi connectivity index (χ1n) is 8.13. The van der Waals surface area contributed by atoms with E-state index in [9.17, 15) is 4.39 Å². The van der Waals surface area contributed by atoms with Crippen molar-refractivity contribution >= 4 is 11.8 Å². The van der Waals surface area contributed by atoms with Crippen LogP contribution in [-0.2, 0) is 4.74 Å². The van der Waals surface area contributed by atoms with Crippen LogP contribution in [0.4, 0.5) is 10.2 Å². The molecule has 1 aliphatic rings. The maximum Gasteiger partial charge on any atom is 0.191 e. The summed E-state index contributed by atoms with van der Waals surface area (Å²) in [5.41, 5.74) is 0. The highest BCUT2D eigenvalue weighted by molar-refractivity contribution is 5.80. The number of hydrogen-bond acceptors (Lipinski definition) is 4. The van der Waals surface area contributed by atoms with E-state index in [1.807, 2.05) is 11.8 Å². The normalized spacial score (nSPS) is 18.3. The van der Waals surface area contributed by atoms with Crippen molar-refractivity contribution in [2.75, 3.05) is 44.8 Å². The fourth-order valence-electron chi connectivity index (χ4n) is 2.59. The zero-order chi connectivity index (χ0) is 16.5. The number of ether oxygens (including phenoxy) is 1. The van der Waals surface area contributed by atoms with E-state index in [0.29, 0.717) is 19.0 Å². The van der Waals surface area contributed by atoms with Crippen LogP contribution in [0, 0.1) is 5.82 Å². The van der Waals surface area contributed by atoms with Crippen molar-refractivity contribution in [2.24, 2.45) is 4.99 Å². The molecule has 2 heterocycles. The third-order valence-corrected chi connectivity index (χ3v) is 3.69.